The van der Waals surface area contributed by atoms with Gasteiger partial charge in [-0.05, 0) is 31.8 Å². The summed E-state index contributed by atoms with van der Waals surface area (Å²) >= 11 is 0. The van der Waals surface area contributed by atoms with Crippen LogP contribution in [-0.4, -0.2) is 18.3 Å². The SMILES string of the molecule is C/C=C(\OC)C(O)C1CCCCC1. The highest BCUT2D eigenvalue weighted by Crippen LogP contribution is 2.29. The Morgan fingerprint density at radius 3 is 2.46 bits per heavy atom. The Balaban J connectivity index is 2.49. The van der Waals surface area contributed by atoms with E-state index in [0.29, 0.717) is 5.92 Å². The fraction of sp³-hybridized carbons (Fsp3) is 0.818. The average Bonchev–Trinajstić information content (AvgIpc) is 2.21. The van der Waals surface area contributed by atoms with Gasteiger partial charge < -0.3 is 9.84 Å². The number of methoxy groups -OCH3 is 1. The molecule has 2 heteroatoms. The first kappa shape index (κ1) is 10.6. The monoisotopic (exact) mass is 184 g/mol. The number of hydrogen-bond acceptors (Lipinski definition) is 2. The molecule has 1 unspecified atom stereocenters. The average molecular weight is 184 g/mol. The van der Waals surface area contributed by atoms with E-state index in [1.165, 1.54) is 19.3 Å². The highest BCUT2D eigenvalue weighted by Gasteiger charge is 2.24. The first-order chi connectivity index (χ1) is 6.29. The number of hydrogen-bond donors (Lipinski definition) is 1. The summed E-state index contributed by atoms with van der Waals surface area (Å²) in [4.78, 5) is 0. The fourth-order valence-corrected chi connectivity index (χ4v) is 2.09. The van der Waals surface area contributed by atoms with Crippen LogP contribution in [0.2, 0.25) is 0 Å². The van der Waals surface area contributed by atoms with Crippen molar-refractivity contribution in [1.82, 2.24) is 0 Å². The van der Waals surface area contributed by atoms with Gasteiger partial charge in [-0.25, -0.2) is 0 Å². The summed E-state index contributed by atoms with van der Waals surface area (Å²) in [6.07, 6.45) is 7.59. The van der Waals surface area contributed by atoms with Gasteiger partial charge in [0.25, 0.3) is 0 Å². The number of ether oxygens (including phenoxy) is 1. The topological polar surface area (TPSA) is 29.5 Å². The zero-order chi connectivity index (χ0) is 9.68. The Kier molecular flexibility index (Phi) is 4.29. The summed E-state index contributed by atoms with van der Waals surface area (Å²) in [7, 11) is 1.63. The molecule has 1 N–H and O–H groups in total. The summed E-state index contributed by atoms with van der Waals surface area (Å²) in [5.74, 6) is 1.15. The second-order valence-corrected chi connectivity index (χ2v) is 3.74. The van der Waals surface area contributed by atoms with Crippen molar-refractivity contribution in [3.05, 3.63) is 11.8 Å². The lowest BCUT2D eigenvalue weighted by atomic mass is 9.84. The van der Waals surface area contributed by atoms with Crippen LogP contribution >= 0.6 is 0 Å². The molecule has 1 rings (SSSR count). The fourth-order valence-electron chi connectivity index (χ4n) is 2.09. The second kappa shape index (κ2) is 5.28. The zero-order valence-corrected chi connectivity index (χ0v) is 8.62. The third kappa shape index (κ3) is 2.73. The maximum atomic E-state index is 9.94. The molecule has 13 heavy (non-hydrogen) atoms. The van der Waals surface area contributed by atoms with Crippen molar-refractivity contribution < 1.29 is 9.84 Å². The van der Waals surface area contributed by atoms with Gasteiger partial charge in [-0.3, -0.25) is 0 Å². The van der Waals surface area contributed by atoms with Crippen molar-refractivity contribution >= 4 is 0 Å². The maximum Gasteiger partial charge on any atom is 0.120 e. The summed E-state index contributed by atoms with van der Waals surface area (Å²) in [6.45, 7) is 1.91. The predicted molar refractivity (Wildman–Crippen MR) is 53.3 cm³/mol. The summed E-state index contributed by atoms with van der Waals surface area (Å²) in [6, 6.07) is 0. The highest BCUT2D eigenvalue weighted by atomic mass is 16.5. The Hall–Kier alpha value is -0.500. The molecular weight excluding hydrogens is 164 g/mol. The van der Waals surface area contributed by atoms with Crippen LogP contribution in [0.25, 0.3) is 0 Å². The summed E-state index contributed by atoms with van der Waals surface area (Å²) in [5, 5.41) is 9.94. The van der Waals surface area contributed by atoms with Gasteiger partial charge in [0.15, 0.2) is 0 Å². The van der Waals surface area contributed by atoms with E-state index in [4.69, 9.17) is 4.74 Å². The number of rotatable bonds is 3. The molecule has 1 aliphatic rings. The molecule has 1 atom stereocenters. The molecule has 1 fully saturated rings. The van der Waals surface area contributed by atoms with Gasteiger partial charge >= 0.3 is 0 Å². The maximum absolute atomic E-state index is 9.94. The molecule has 76 valence electrons. The van der Waals surface area contributed by atoms with Crippen LogP contribution in [0.15, 0.2) is 11.8 Å². The van der Waals surface area contributed by atoms with Crippen LogP contribution in [0.3, 0.4) is 0 Å². The van der Waals surface area contributed by atoms with E-state index in [1.807, 2.05) is 13.0 Å². The molecule has 0 spiro atoms. The predicted octanol–water partition coefficient (Wildman–Crippen LogP) is 2.48. The highest BCUT2D eigenvalue weighted by molar-refractivity contribution is 5.00. The largest absolute Gasteiger partial charge is 0.499 e. The standard InChI is InChI=1S/C11H20O2/c1-3-10(13-2)11(12)9-7-5-4-6-8-9/h3,9,11-12H,4-8H2,1-2H3/b10-3-. The smallest absolute Gasteiger partial charge is 0.120 e. The Bertz CT molecular complexity index is 169. The van der Waals surface area contributed by atoms with Gasteiger partial charge in [0.2, 0.25) is 0 Å². The minimum Gasteiger partial charge on any atom is -0.499 e. The number of allylic oxidation sites excluding steroid dienone is 1. The molecule has 0 aliphatic heterocycles. The summed E-state index contributed by atoms with van der Waals surface area (Å²) in [5.41, 5.74) is 0. The number of aliphatic hydroxyl groups excluding tert-OH is 1. The molecule has 0 bridgehead atoms. The Labute approximate surface area is 80.6 Å². The lowest BCUT2D eigenvalue weighted by molar-refractivity contribution is 0.0630. The molecule has 0 amide bonds. The minimum atomic E-state index is -0.379. The van der Waals surface area contributed by atoms with Gasteiger partial charge in [0.05, 0.1) is 7.11 Å². The van der Waals surface area contributed by atoms with Crippen LogP contribution in [-0.2, 0) is 4.74 Å². The van der Waals surface area contributed by atoms with Crippen LogP contribution in [0, 0.1) is 5.92 Å². The third-order valence-corrected chi connectivity index (χ3v) is 2.91. The second-order valence-electron chi connectivity index (χ2n) is 3.74. The van der Waals surface area contributed by atoms with E-state index in [0.717, 1.165) is 18.6 Å². The zero-order valence-electron chi connectivity index (χ0n) is 8.62. The lowest BCUT2D eigenvalue weighted by Gasteiger charge is -2.27. The normalized spacial score (nSPS) is 22.8. The van der Waals surface area contributed by atoms with Crippen molar-refractivity contribution in [1.29, 1.82) is 0 Å². The first-order valence-electron chi connectivity index (χ1n) is 5.18. The summed E-state index contributed by atoms with van der Waals surface area (Å²) < 4.78 is 5.13. The van der Waals surface area contributed by atoms with E-state index in [9.17, 15) is 5.11 Å². The molecule has 0 aromatic heterocycles. The molecule has 0 radical (unpaired) electrons. The quantitative estimate of drug-likeness (QED) is 0.683. The molecular formula is C11H20O2. The molecule has 1 aliphatic carbocycles. The molecule has 1 saturated carbocycles. The Morgan fingerprint density at radius 2 is 2.00 bits per heavy atom. The van der Waals surface area contributed by atoms with Gasteiger partial charge in [-0.1, -0.05) is 19.3 Å². The number of aliphatic hydroxyl groups is 1. The molecule has 0 aromatic carbocycles. The van der Waals surface area contributed by atoms with Gasteiger partial charge in [0.1, 0.15) is 11.9 Å². The van der Waals surface area contributed by atoms with Crippen molar-refractivity contribution in [3.63, 3.8) is 0 Å². The van der Waals surface area contributed by atoms with Gasteiger partial charge in [-0.15, -0.1) is 0 Å². The van der Waals surface area contributed by atoms with E-state index in [1.54, 1.807) is 7.11 Å². The molecule has 2 nitrogen and oxygen atoms in total. The van der Waals surface area contributed by atoms with Crippen LogP contribution in [0.5, 0.6) is 0 Å². The van der Waals surface area contributed by atoms with Crippen LogP contribution in [0.4, 0.5) is 0 Å². The van der Waals surface area contributed by atoms with Crippen molar-refractivity contribution in [2.75, 3.05) is 7.11 Å². The van der Waals surface area contributed by atoms with E-state index < -0.39 is 0 Å². The van der Waals surface area contributed by atoms with Gasteiger partial charge in [-0.2, -0.15) is 0 Å². The van der Waals surface area contributed by atoms with Gasteiger partial charge in [0, 0.05) is 0 Å². The minimum absolute atomic E-state index is 0.379. The van der Waals surface area contributed by atoms with Crippen LogP contribution < -0.4 is 0 Å². The van der Waals surface area contributed by atoms with Crippen molar-refractivity contribution in [2.45, 2.75) is 45.1 Å². The van der Waals surface area contributed by atoms with Crippen molar-refractivity contribution in [3.8, 4) is 0 Å². The molecule has 0 heterocycles. The van der Waals surface area contributed by atoms with Crippen LogP contribution in [0.1, 0.15) is 39.0 Å². The first-order valence-corrected chi connectivity index (χ1v) is 5.18. The van der Waals surface area contributed by atoms with Crippen molar-refractivity contribution in [2.24, 2.45) is 5.92 Å². The molecule has 0 aromatic rings. The third-order valence-electron chi connectivity index (χ3n) is 2.91. The van der Waals surface area contributed by atoms with E-state index >= 15 is 0 Å². The van der Waals surface area contributed by atoms with E-state index in [-0.39, 0.29) is 6.10 Å². The molecule has 0 saturated heterocycles. The lowest BCUT2D eigenvalue weighted by Crippen LogP contribution is -2.25. The van der Waals surface area contributed by atoms with E-state index in [2.05, 4.69) is 0 Å². The Morgan fingerprint density at radius 1 is 1.38 bits per heavy atom.